The molecule has 10 heavy (non-hydrogen) atoms. The van der Waals surface area contributed by atoms with E-state index in [-0.39, 0.29) is 0 Å². The molecule has 0 aliphatic carbocycles. The van der Waals surface area contributed by atoms with E-state index in [0.717, 1.165) is 9.52 Å². The lowest BCUT2D eigenvalue weighted by molar-refractivity contribution is 1.40. The first-order chi connectivity index (χ1) is 4.97. The topological polar surface area (TPSA) is 0 Å². The van der Waals surface area contributed by atoms with Gasteiger partial charge in [-0.3, -0.25) is 0 Å². The van der Waals surface area contributed by atoms with Crippen molar-refractivity contribution in [3.63, 3.8) is 0 Å². The predicted octanol–water partition coefficient (Wildman–Crippen LogP) is 1.54. The van der Waals surface area contributed by atoms with E-state index in [0.29, 0.717) is 0 Å². The summed E-state index contributed by atoms with van der Waals surface area (Å²) in [6.07, 6.45) is 0. The highest BCUT2D eigenvalue weighted by molar-refractivity contribution is 7.99. The van der Waals surface area contributed by atoms with Crippen molar-refractivity contribution in [3.05, 3.63) is 24.3 Å². The van der Waals surface area contributed by atoms with Gasteiger partial charge in [-0.15, -0.1) is 11.8 Å². The zero-order valence-corrected chi connectivity index (χ0v) is 7.45. The Morgan fingerprint density at radius 3 is 3.10 bits per heavy atom. The summed E-state index contributed by atoms with van der Waals surface area (Å²) in [6.45, 7) is 0. The first-order valence-electron chi connectivity index (χ1n) is 3.42. The summed E-state index contributed by atoms with van der Waals surface area (Å²) >= 11 is 2.00. The molecule has 2 radical (unpaired) electrons. The smallest absolute Gasteiger partial charge is 0.0832 e. The third-order valence-electron chi connectivity index (χ3n) is 1.56. The van der Waals surface area contributed by atoms with E-state index in [4.69, 9.17) is 0 Å². The maximum Gasteiger partial charge on any atom is 0.0832 e. The minimum Gasteiger partial charge on any atom is -0.127 e. The molecular weight excluding hydrogens is 156 g/mol. The number of rotatable bonds is 0. The van der Waals surface area contributed by atoms with Crippen LogP contribution < -0.4 is 5.19 Å². The normalized spacial score (nSPS) is 16.4. The van der Waals surface area contributed by atoms with Crippen LogP contribution in [0.4, 0.5) is 0 Å². The number of thioether (sulfide) groups is 1. The molecule has 0 atom stereocenters. The molecule has 0 fully saturated rings. The molecule has 1 aromatic rings. The molecule has 0 saturated carbocycles. The molecule has 50 valence electrons. The Morgan fingerprint density at radius 1 is 1.30 bits per heavy atom. The molecule has 1 aliphatic heterocycles. The number of fused-ring (bicyclic) bond motifs is 1. The van der Waals surface area contributed by atoms with Gasteiger partial charge in [0.2, 0.25) is 0 Å². The summed E-state index contributed by atoms with van der Waals surface area (Å²) in [4.78, 5) is 1.51. The minimum absolute atomic E-state index is 1.05. The summed E-state index contributed by atoms with van der Waals surface area (Å²) < 4.78 is 0. The Kier molecular flexibility index (Phi) is 1.82. The van der Waals surface area contributed by atoms with Crippen LogP contribution in [0.1, 0.15) is 0 Å². The summed E-state index contributed by atoms with van der Waals surface area (Å²) in [5.41, 5.74) is 0. The Balaban J connectivity index is 2.41. The average Bonchev–Trinajstić information content (AvgIpc) is 2.05. The molecule has 0 saturated heterocycles. The summed E-state index contributed by atoms with van der Waals surface area (Å²) in [6, 6.07) is 10.1. The molecule has 2 heteroatoms. The second-order valence-corrected chi connectivity index (χ2v) is 4.80. The summed E-state index contributed by atoms with van der Waals surface area (Å²) in [5, 5.41) is 1.57. The zero-order chi connectivity index (χ0) is 6.81. The third kappa shape index (κ3) is 1.13. The lowest BCUT2D eigenvalue weighted by atomic mass is 10.4. The molecule has 0 aromatic heterocycles. The van der Waals surface area contributed by atoms with Crippen LogP contribution in [-0.4, -0.2) is 15.3 Å². The molecule has 0 unspecified atom stereocenters. The van der Waals surface area contributed by atoms with Gasteiger partial charge in [-0.2, -0.15) is 0 Å². The summed E-state index contributed by atoms with van der Waals surface area (Å²) in [5.74, 6) is 1.31. The van der Waals surface area contributed by atoms with E-state index in [1.807, 2.05) is 11.8 Å². The maximum absolute atomic E-state index is 2.25. The van der Waals surface area contributed by atoms with E-state index in [2.05, 4.69) is 24.3 Å². The molecule has 1 aliphatic rings. The van der Waals surface area contributed by atoms with Gasteiger partial charge in [-0.05, 0) is 17.9 Å². The number of hydrogen-bond acceptors (Lipinski definition) is 1. The highest BCUT2D eigenvalue weighted by Gasteiger charge is 2.07. The van der Waals surface area contributed by atoms with Crippen LogP contribution >= 0.6 is 11.8 Å². The fraction of sp³-hybridized carbons (Fsp3) is 0.250. The number of benzene rings is 1. The van der Waals surface area contributed by atoms with Gasteiger partial charge < -0.3 is 0 Å². The lowest BCUT2D eigenvalue weighted by Gasteiger charge is -2.12. The maximum atomic E-state index is 2.25. The standard InChI is InChI=1S/C8H8SSi/c1-2-4-8-7(3-1)9-5-6-10-8/h1-4H,5-6H2. The van der Waals surface area contributed by atoms with Crippen LogP contribution in [-0.2, 0) is 0 Å². The first-order valence-corrected chi connectivity index (χ1v) is 5.62. The fourth-order valence-electron chi connectivity index (χ4n) is 1.09. The van der Waals surface area contributed by atoms with Crippen LogP contribution in [0.2, 0.25) is 6.04 Å². The van der Waals surface area contributed by atoms with Crippen LogP contribution in [0.25, 0.3) is 0 Å². The van der Waals surface area contributed by atoms with Crippen LogP contribution in [0.5, 0.6) is 0 Å². The Morgan fingerprint density at radius 2 is 2.20 bits per heavy atom. The molecular formula is C8H8SSi. The van der Waals surface area contributed by atoms with Gasteiger partial charge in [0.15, 0.2) is 0 Å². The number of hydrogen-bond donors (Lipinski definition) is 0. The predicted molar refractivity (Wildman–Crippen MR) is 47.4 cm³/mol. The van der Waals surface area contributed by atoms with Gasteiger partial charge in [0.1, 0.15) is 0 Å². The van der Waals surface area contributed by atoms with Crippen molar-refractivity contribution >= 4 is 26.5 Å². The Bertz CT molecular complexity index is 209. The SMILES string of the molecule is c1ccc2c(c1)[Si]CCS2. The van der Waals surface area contributed by atoms with E-state index in [1.54, 1.807) is 5.19 Å². The molecule has 0 N–H and O–H groups in total. The van der Waals surface area contributed by atoms with Gasteiger partial charge in [-0.1, -0.05) is 23.4 Å². The van der Waals surface area contributed by atoms with Crippen LogP contribution in [0.3, 0.4) is 0 Å². The van der Waals surface area contributed by atoms with Crippen molar-refractivity contribution in [2.24, 2.45) is 0 Å². The Hall–Kier alpha value is -0.213. The zero-order valence-electron chi connectivity index (χ0n) is 5.63. The highest BCUT2D eigenvalue weighted by atomic mass is 32.2. The van der Waals surface area contributed by atoms with Gasteiger partial charge in [0.05, 0.1) is 9.52 Å². The van der Waals surface area contributed by atoms with Crippen molar-refractivity contribution in [1.82, 2.24) is 0 Å². The fourth-order valence-corrected chi connectivity index (χ4v) is 3.69. The largest absolute Gasteiger partial charge is 0.127 e. The van der Waals surface area contributed by atoms with Crippen molar-refractivity contribution in [2.75, 3.05) is 5.75 Å². The van der Waals surface area contributed by atoms with Crippen molar-refractivity contribution in [2.45, 2.75) is 10.9 Å². The van der Waals surface area contributed by atoms with Crippen molar-refractivity contribution < 1.29 is 0 Å². The second-order valence-electron chi connectivity index (χ2n) is 2.27. The van der Waals surface area contributed by atoms with Gasteiger partial charge in [-0.25, -0.2) is 0 Å². The first kappa shape index (κ1) is 6.49. The van der Waals surface area contributed by atoms with Crippen LogP contribution in [0, 0.1) is 0 Å². The molecule has 1 aromatic carbocycles. The molecule has 0 bridgehead atoms. The van der Waals surface area contributed by atoms with E-state index >= 15 is 0 Å². The van der Waals surface area contributed by atoms with E-state index < -0.39 is 0 Å². The monoisotopic (exact) mass is 164 g/mol. The Labute approximate surface area is 67.9 Å². The highest BCUT2D eigenvalue weighted by Crippen LogP contribution is 2.19. The van der Waals surface area contributed by atoms with E-state index in [1.165, 1.54) is 16.7 Å². The van der Waals surface area contributed by atoms with E-state index in [9.17, 15) is 0 Å². The molecule has 0 amide bonds. The second kappa shape index (κ2) is 2.80. The van der Waals surface area contributed by atoms with Crippen LogP contribution in [0.15, 0.2) is 29.2 Å². The molecule has 0 nitrogen and oxygen atoms in total. The minimum atomic E-state index is 1.05. The quantitative estimate of drug-likeness (QED) is 0.524. The average molecular weight is 164 g/mol. The molecule has 0 spiro atoms. The van der Waals surface area contributed by atoms with Gasteiger partial charge in [0, 0.05) is 4.90 Å². The van der Waals surface area contributed by atoms with Gasteiger partial charge >= 0.3 is 0 Å². The molecule has 1 heterocycles. The lowest BCUT2D eigenvalue weighted by Crippen LogP contribution is -2.20. The summed E-state index contributed by atoms with van der Waals surface area (Å²) in [7, 11) is 1.05. The van der Waals surface area contributed by atoms with Crippen molar-refractivity contribution in [1.29, 1.82) is 0 Å². The molecule has 2 rings (SSSR count). The third-order valence-corrected chi connectivity index (χ3v) is 4.50. The van der Waals surface area contributed by atoms with Gasteiger partial charge in [0.25, 0.3) is 0 Å². The van der Waals surface area contributed by atoms with Crippen molar-refractivity contribution in [3.8, 4) is 0 Å².